The Morgan fingerprint density at radius 2 is 2.06 bits per heavy atom. The zero-order valence-electron chi connectivity index (χ0n) is 17.3. The number of alkyl halides is 1. The third kappa shape index (κ3) is 4.30. The van der Waals surface area contributed by atoms with Gasteiger partial charge in [-0.15, -0.1) is 0 Å². The first-order valence-electron chi connectivity index (χ1n) is 9.99. The molecule has 10 heteroatoms. The Balaban J connectivity index is 1.68. The number of carbonyl (C=O) groups excluding carboxylic acids is 2. The van der Waals surface area contributed by atoms with Crippen LogP contribution < -0.4 is 5.73 Å². The molecule has 7 nitrogen and oxygen atoms in total. The normalized spacial score (nSPS) is 15.1. The van der Waals surface area contributed by atoms with E-state index in [1.807, 2.05) is 0 Å². The molecule has 2 N–H and O–H groups in total. The summed E-state index contributed by atoms with van der Waals surface area (Å²) in [6.45, 7) is 6.12. The molecule has 0 spiro atoms. The summed E-state index contributed by atoms with van der Waals surface area (Å²) in [5.74, 6) is -1.85. The van der Waals surface area contributed by atoms with Crippen LogP contribution in [0, 0.1) is 12.4 Å². The van der Waals surface area contributed by atoms with E-state index in [0.29, 0.717) is 21.8 Å². The Morgan fingerprint density at radius 1 is 1.27 bits per heavy atom. The molecular formula is C23H18ClF2N5O2. The number of halogens is 3. The van der Waals surface area contributed by atoms with Crippen molar-refractivity contribution in [2.24, 2.45) is 5.73 Å². The maximum Gasteiger partial charge on any atom is 0.252 e. The van der Waals surface area contributed by atoms with Crippen molar-refractivity contribution in [1.82, 2.24) is 14.7 Å². The van der Waals surface area contributed by atoms with Crippen molar-refractivity contribution in [3.05, 3.63) is 81.5 Å². The molecule has 4 rings (SSSR count). The molecule has 1 atom stereocenters. The Morgan fingerprint density at radius 3 is 2.70 bits per heavy atom. The summed E-state index contributed by atoms with van der Waals surface area (Å²) in [7, 11) is 0. The molecule has 0 aliphatic carbocycles. The van der Waals surface area contributed by atoms with Crippen LogP contribution in [-0.4, -0.2) is 39.7 Å². The number of amides is 2. The van der Waals surface area contributed by atoms with E-state index >= 15 is 0 Å². The van der Waals surface area contributed by atoms with Crippen molar-refractivity contribution >= 4 is 29.1 Å². The number of nitrogens with zero attached hydrogens (tertiary/aromatic N) is 4. The summed E-state index contributed by atoms with van der Waals surface area (Å²) in [5, 5.41) is 4.88. The molecule has 2 aromatic carbocycles. The lowest BCUT2D eigenvalue weighted by Crippen LogP contribution is -2.43. The average molecular weight is 470 g/mol. The second-order valence-corrected chi connectivity index (χ2v) is 8.08. The summed E-state index contributed by atoms with van der Waals surface area (Å²) in [5.41, 5.74) is 7.14. The van der Waals surface area contributed by atoms with Gasteiger partial charge in [0.2, 0.25) is 11.6 Å². The fraction of sp³-hybridized carbons (Fsp3) is 0.217. The molecule has 33 heavy (non-hydrogen) atoms. The maximum absolute atomic E-state index is 14.0. The minimum atomic E-state index is -0.819. The quantitative estimate of drug-likeness (QED) is 0.571. The molecule has 1 aliphatic rings. The molecule has 2 heterocycles. The number of carbonyl (C=O) groups is 2. The van der Waals surface area contributed by atoms with E-state index in [2.05, 4.69) is 9.94 Å². The van der Waals surface area contributed by atoms with Crippen molar-refractivity contribution in [3.8, 4) is 11.3 Å². The molecule has 0 unspecified atom stereocenters. The highest BCUT2D eigenvalue weighted by molar-refractivity contribution is 6.30. The second kappa shape index (κ2) is 9.00. The average Bonchev–Trinajstić information content (AvgIpc) is 3.18. The van der Waals surface area contributed by atoms with E-state index in [1.54, 1.807) is 24.3 Å². The molecule has 0 saturated heterocycles. The topological polar surface area (TPSA) is 85.6 Å². The summed E-state index contributed by atoms with van der Waals surface area (Å²) in [6.07, 6.45) is -0.143. The van der Waals surface area contributed by atoms with Crippen LogP contribution in [0.25, 0.3) is 16.1 Å². The Labute approximate surface area is 193 Å². The molecule has 2 amide bonds. The van der Waals surface area contributed by atoms with Crippen LogP contribution in [0.1, 0.15) is 27.7 Å². The van der Waals surface area contributed by atoms with Crippen LogP contribution in [0.4, 0.5) is 14.5 Å². The standard InChI is InChI=1S/C23H18ClF2N5O2/c1-28-18-6-5-13(7-17(18)26)8-20(32)30-11-16(10-25)31-19(12-30)21(23(27)33)22(29-31)14-3-2-4-15(24)9-14/h2-7,9,16H,8,10-12H2,(H2,27,33)/t16-/m0/s1. The van der Waals surface area contributed by atoms with Crippen molar-refractivity contribution < 1.29 is 18.4 Å². The fourth-order valence-corrected chi connectivity index (χ4v) is 4.13. The van der Waals surface area contributed by atoms with Crippen LogP contribution in [0.15, 0.2) is 42.5 Å². The molecule has 168 valence electrons. The van der Waals surface area contributed by atoms with Crippen LogP contribution in [0.3, 0.4) is 0 Å². The van der Waals surface area contributed by atoms with E-state index < -0.39 is 24.4 Å². The van der Waals surface area contributed by atoms with Gasteiger partial charge in [0.15, 0.2) is 0 Å². The number of fused-ring (bicyclic) bond motifs is 1. The molecule has 0 fully saturated rings. The summed E-state index contributed by atoms with van der Waals surface area (Å²) >= 11 is 6.07. The highest BCUT2D eigenvalue weighted by Gasteiger charge is 2.34. The van der Waals surface area contributed by atoms with Crippen molar-refractivity contribution in [1.29, 1.82) is 0 Å². The number of primary amides is 1. The smallest absolute Gasteiger partial charge is 0.252 e. The van der Waals surface area contributed by atoms with Gasteiger partial charge in [-0.05, 0) is 23.8 Å². The van der Waals surface area contributed by atoms with Gasteiger partial charge < -0.3 is 10.6 Å². The first kappa shape index (κ1) is 22.4. The van der Waals surface area contributed by atoms with Crippen LogP contribution in [0.2, 0.25) is 5.02 Å². The summed E-state index contributed by atoms with van der Waals surface area (Å²) < 4.78 is 29.3. The van der Waals surface area contributed by atoms with Crippen LogP contribution >= 0.6 is 11.6 Å². The Kier molecular flexibility index (Phi) is 6.11. The van der Waals surface area contributed by atoms with Crippen molar-refractivity contribution in [2.75, 3.05) is 13.2 Å². The first-order chi connectivity index (χ1) is 15.8. The number of aromatic nitrogens is 2. The zero-order valence-corrected chi connectivity index (χ0v) is 18.0. The second-order valence-electron chi connectivity index (χ2n) is 7.65. The van der Waals surface area contributed by atoms with Gasteiger partial charge in [0.25, 0.3) is 5.91 Å². The number of nitrogens with two attached hydrogens (primary N) is 1. The van der Waals surface area contributed by atoms with E-state index in [0.717, 1.165) is 6.07 Å². The number of hydrogen-bond donors (Lipinski definition) is 1. The zero-order chi connectivity index (χ0) is 23.7. The minimum Gasteiger partial charge on any atom is -0.365 e. The van der Waals surface area contributed by atoms with Gasteiger partial charge >= 0.3 is 0 Å². The van der Waals surface area contributed by atoms with E-state index in [1.165, 1.54) is 21.7 Å². The first-order valence-corrected chi connectivity index (χ1v) is 10.4. The molecule has 3 aromatic rings. The van der Waals surface area contributed by atoms with Crippen molar-refractivity contribution in [2.45, 2.75) is 19.0 Å². The predicted molar refractivity (Wildman–Crippen MR) is 118 cm³/mol. The van der Waals surface area contributed by atoms with E-state index in [4.69, 9.17) is 23.9 Å². The highest BCUT2D eigenvalue weighted by atomic mass is 35.5. The van der Waals surface area contributed by atoms with Crippen LogP contribution in [0.5, 0.6) is 0 Å². The van der Waals surface area contributed by atoms with E-state index in [-0.39, 0.29) is 42.4 Å². The van der Waals surface area contributed by atoms with E-state index in [9.17, 15) is 18.4 Å². The molecule has 0 bridgehead atoms. The van der Waals surface area contributed by atoms with Crippen molar-refractivity contribution in [3.63, 3.8) is 0 Å². The number of hydrogen-bond acceptors (Lipinski definition) is 3. The molecule has 1 aliphatic heterocycles. The van der Waals surface area contributed by atoms with Gasteiger partial charge in [0.05, 0.1) is 36.8 Å². The molecule has 0 radical (unpaired) electrons. The van der Waals surface area contributed by atoms with Gasteiger partial charge in [-0.3, -0.25) is 14.3 Å². The predicted octanol–water partition coefficient (Wildman–Crippen LogP) is 4.09. The molecule has 0 saturated carbocycles. The van der Waals surface area contributed by atoms with Crippen LogP contribution in [-0.2, 0) is 17.8 Å². The Bertz CT molecular complexity index is 1300. The number of benzene rings is 2. The van der Waals surface area contributed by atoms with Gasteiger partial charge in [-0.25, -0.2) is 13.6 Å². The lowest BCUT2D eigenvalue weighted by atomic mass is 10.0. The fourth-order valence-electron chi connectivity index (χ4n) is 3.94. The lowest BCUT2D eigenvalue weighted by molar-refractivity contribution is -0.132. The third-order valence-electron chi connectivity index (χ3n) is 5.49. The van der Waals surface area contributed by atoms with Gasteiger partial charge in [-0.1, -0.05) is 35.9 Å². The lowest BCUT2D eigenvalue weighted by Gasteiger charge is -2.33. The largest absolute Gasteiger partial charge is 0.365 e. The third-order valence-corrected chi connectivity index (χ3v) is 5.73. The maximum atomic E-state index is 14.0. The van der Waals surface area contributed by atoms with Gasteiger partial charge in [0.1, 0.15) is 18.2 Å². The summed E-state index contributed by atoms with van der Waals surface area (Å²) in [4.78, 5) is 29.8. The Hall–Kier alpha value is -3.77. The minimum absolute atomic E-state index is 0.0101. The number of rotatable bonds is 5. The summed E-state index contributed by atoms with van der Waals surface area (Å²) in [6, 6.07) is 9.83. The molecular weight excluding hydrogens is 452 g/mol. The highest BCUT2D eigenvalue weighted by Crippen LogP contribution is 2.33. The monoisotopic (exact) mass is 469 g/mol. The van der Waals surface area contributed by atoms with Gasteiger partial charge in [0, 0.05) is 17.1 Å². The molecule has 1 aromatic heterocycles. The SMILES string of the molecule is [C-]#[N+]c1ccc(CC(=O)N2Cc3c(C(N)=O)c(-c4cccc(Cl)c4)nn3[C@@H](CF)C2)cc1F. The van der Waals surface area contributed by atoms with Gasteiger partial charge in [-0.2, -0.15) is 5.10 Å².